The number of rotatable bonds is 14. The van der Waals surface area contributed by atoms with Crippen molar-refractivity contribution >= 4 is 34.6 Å². The molecule has 0 saturated heterocycles. The number of benzene rings is 3. The highest BCUT2D eigenvalue weighted by molar-refractivity contribution is 6.20. The second-order valence-electron chi connectivity index (χ2n) is 11.7. The molecule has 1 amide bonds. The third kappa shape index (κ3) is 7.59. The van der Waals surface area contributed by atoms with E-state index in [0.29, 0.717) is 45.2 Å². The molecule has 1 aliphatic heterocycles. The van der Waals surface area contributed by atoms with Crippen LogP contribution in [0.3, 0.4) is 0 Å². The van der Waals surface area contributed by atoms with Crippen LogP contribution < -0.4 is 24.3 Å². The van der Waals surface area contributed by atoms with Crippen LogP contribution in [0.4, 0.5) is 4.79 Å². The quantitative estimate of drug-likeness (QED) is 0.165. The zero-order valence-corrected chi connectivity index (χ0v) is 28.9. The van der Waals surface area contributed by atoms with E-state index < -0.39 is 30.4 Å². The van der Waals surface area contributed by atoms with Gasteiger partial charge in [0.15, 0.2) is 11.5 Å². The van der Waals surface area contributed by atoms with E-state index in [1.165, 1.54) is 14.2 Å². The van der Waals surface area contributed by atoms with Gasteiger partial charge in [0.2, 0.25) is 5.75 Å². The number of carbonyl (C=O) groups is 3. The highest BCUT2D eigenvalue weighted by Gasteiger charge is 2.53. The van der Waals surface area contributed by atoms with Crippen LogP contribution in [-0.2, 0) is 36.0 Å². The lowest BCUT2D eigenvalue weighted by Gasteiger charge is -2.31. The van der Waals surface area contributed by atoms with Gasteiger partial charge in [-0.1, -0.05) is 6.07 Å². The Labute approximate surface area is 288 Å². The Morgan fingerprint density at radius 1 is 0.880 bits per heavy atom. The fourth-order valence-corrected chi connectivity index (χ4v) is 5.46. The standard InChI is InChI=1S/C36H39N3O11/c1-8-45-31(40)19-37-35(42)49-36(24-10-12-25(43-6)13-11-24)26(32(34(41)48-36)23-9-14-27-28(18-23)39-50-38-27)15-22-16-29(44-7)33(47-21(4)5)30(17-22)46-20(2)3/h9-14,16-18,20-21H,8,15,19H2,1-7H3,(H,37,42). The number of esters is 2. The molecule has 14 nitrogen and oxygen atoms in total. The number of amides is 1. The van der Waals surface area contributed by atoms with Crippen molar-refractivity contribution in [1.29, 1.82) is 0 Å². The van der Waals surface area contributed by atoms with Gasteiger partial charge in [0.25, 0.3) is 0 Å². The number of ether oxygens (including phenoxy) is 7. The van der Waals surface area contributed by atoms with Crippen LogP contribution in [0.2, 0.25) is 0 Å². The highest BCUT2D eigenvalue weighted by atomic mass is 16.7. The van der Waals surface area contributed by atoms with E-state index in [1.54, 1.807) is 61.5 Å². The summed E-state index contributed by atoms with van der Waals surface area (Å²) in [5.41, 5.74) is 2.53. The third-order valence-corrected chi connectivity index (χ3v) is 7.47. The predicted octanol–water partition coefficient (Wildman–Crippen LogP) is 5.51. The molecule has 14 heteroatoms. The molecular formula is C36H39N3O11. The van der Waals surface area contributed by atoms with Gasteiger partial charge in [0, 0.05) is 17.6 Å². The van der Waals surface area contributed by atoms with Crippen LogP contribution in [0, 0.1) is 0 Å². The maximum atomic E-state index is 14.1. The summed E-state index contributed by atoms with van der Waals surface area (Å²) in [4.78, 5) is 39.6. The van der Waals surface area contributed by atoms with E-state index in [0.717, 1.165) is 0 Å². The van der Waals surface area contributed by atoms with Crippen molar-refractivity contribution in [2.45, 2.75) is 59.0 Å². The third-order valence-electron chi connectivity index (χ3n) is 7.47. The first-order valence-electron chi connectivity index (χ1n) is 16.0. The van der Waals surface area contributed by atoms with Gasteiger partial charge in [-0.3, -0.25) is 4.79 Å². The molecule has 1 aromatic heterocycles. The number of cyclic esters (lactones) is 1. The minimum atomic E-state index is -2.12. The molecule has 0 radical (unpaired) electrons. The topological polar surface area (TPSA) is 167 Å². The van der Waals surface area contributed by atoms with Crippen molar-refractivity contribution < 1.29 is 52.2 Å². The second-order valence-corrected chi connectivity index (χ2v) is 11.7. The Kier molecular flexibility index (Phi) is 10.8. The molecule has 1 unspecified atom stereocenters. The predicted molar refractivity (Wildman–Crippen MR) is 179 cm³/mol. The summed E-state index contributed by atoms with van der Waals surface area (Å²) in [7, 11) is 3.02. The molecule has 2 heterocycles. The fraction of sp³-hybridized carbons (Fsp3) is 0.361. The highest BCUT2D eigenvalue weighted by Crippen LogP contribution is 2.49. The van der Waals surface area contributed by atoms with Crippen molar-refractivity contribution in [3.05, 3.63) is 76.9 Å². The molecule has 1 N–H and O–H groups in total. The molecule has 50 heavy (non-hydrogen) atoms. The lowest BCUT2D eigenvalue weighted by Crippen LogP contribution is -2.41. The van der Waals surface area contributed by atoms with Gasteiger partial charge in [-0.2, -0.15) is 0 Å². The lowest BCUT2D eigenvalue weighted by molar-refractivity contribution is -0.185. The number of nitrogens with one attached hydrogen (secondary N) is 1. The van der Waals surface area contributed by atoms with E-state index in [1.807, 2.05) is 27.7 Å². The SMILES string of the molecule is CCOC(=O)CNC(=O)OC1(c2ccc(OC)cc2)OC(=O)C(c2ccc3nonc3c2)=C1Cc1cc(OC)c(OC(C)C)c(OC(C)C)c1. The van der Waals surface area contributed by atoms with E-state index in [4.69, 9.17) is 37.8 Å². The first-order chi connectivity index (χ1) is 24.0. The van der Waals surface area contributed by atoms with Crippen molar-refractivity contribution in [2.75, 3.05) is 27.4 Å². The summed E-state index contributed by atoms with van der Waals surface area (Å²) in [5, 5.41) is 10.2. The lowest BCUT2D eigenvalue weighted by atomic mass is 9.87. The number of aromatic nitrogens is 2. The smallest absolute Gasteiger partial charge is 0.411 e. The van der Waals surface area contributed by atoms with E-state index in [2.05, 4.69) is 15.6 Å². The van der Waals surface area contributed by atoms with Crippen molar-refractivity contribution in [3.8, 4) is 23.0 Å². The Hall–Kier alpha value is -5.79. The molecule has 3 aromatic carbocycles. The van der Waals surface area contributed by atoms with Gasteiger partial charge in [0.05, 0.1) is 38.6 Å². The van der Waals surface area contributed by atoms with Gasteiger partial charge in [-0.25, -0.2) is 14.2 Å². The van der Waals surface area contributed by atoms with Gasteiger partial charge in [-0.15, -0.1) is 0 Å². The minimum Gasteiger partial charge on any atom is -0.497 e. The van der Waals surface area contributed by atoms with Crippen molar-refractivity contribution in [3.63, 3.8) is 0 Å². The molecule has 0 saturated carbocycles. The van der Waals surface area contributed by atoms with Crippen LogP contribution in [0.25, 0.3) is 16.6 Å². The molecule has 264 valence electrons. The van der Waals surface area contributed by atoms with Crippen LogP contribution in [-0.4, -0.2) is 67.9 Å². The number of hydrogen-bond acceptors (Lipinski definition) is 13. The van der Waals surface area contributed by atoms with Gasteiger partial charge in [0.1, 0.15) is 23.3 Å². The Balaban J connectivity index is 1.73. The number of fused-ring (bicyclic) bond motifs is 1. The number of carbonyl (C=O) groups excluding carboxylic acids is 3. The van der Waals surface area contributed by atoms with E-state index in [-0.39, 0.29) is 41.9 Å². The molecular weight excluding hydrogens is 650 g/mol. The summed E-state index contributed by atoms with van der Waals surface area (Å²) < 4.78 is 45.4. The molecule has 0 spiro atoms. The molecule has 5 rings (SSSR count). The van der Waals surface area contributed by atoms with Crippen LogP contribution in [0.5, 0.6) is 23.0 Å². The number of hydrogen-bond donors (Lipinski definition) is 1. The van der Waals surface area contributed by atoms with Crippen molar-refractivity contribution in [2.24, 2.45) is 0 Å². The Morgan fingerprint density at radius 2 is 1.58 bits per heavy atom. The number of methoxy groups -OCH3 is 2. The van der Waals surface area contributed by atoms with Gasteiger partial charge in [-0.05, 0) is 105 Å². The van der Waals surface area contributed by atoms with E-state index >= 15 is 0 Å². The maximum Gasteiger partial charge on any atom is 0.411 e. The molecule has 1 atom stereocenters. The minimum absolute atomic E-state index is 0.0138. The summed E-state index contributed by atoms with van der Waals surface area (Å²) >= 11 is 0. The summed E-state index contributed by atoms with van der Waals surface area (Å²) in [6.07, 6.45) is -1.47. The normalized spacial score (nSPS) is 15.7. The molecule has 0 bridgehead atoms. The van der Waals surface area contributed by atoms with Crippen LogP contribution in [0.15, 0.2) is 64.8 Å². The van der Waals surface area contributed by atoms with Crippen LogP contribution >= 0.6 is 0 Å². The first-order valence-corrected chi connectivity index (χ1v) is 16.0. The summed E-state index contributed by atoms with van der Waals surface area (Å²) in [6, 6.07) is 15.0. The van der Waals surface area contributed by atoms with Crippen LogP contribution in [0.1, 0.15) is 51.3 Å². The summed E-state index contributed by atoms with van der Waals surface area (Å²) in [5.74, 6) is -1.86. The Bertz CT molecular complexity index is 1900. The van der Waals surface area contributed by atoms with Crippen molar-refractivity contribution in [1.82, 2.24) is 15.6 Å². The molecule has 4 aromatic rings. The monoisotopic (exact) mass is 689 g/mol. The zero-order valence-electron chi connectivity index (χ0n) is 28.9. The maximum absolute atomic E-state index is 14.1. The summed E-state index contributed by atoms with van der Waals surface area (Å²) in [6.45, 7) is 8.83. The average molecular weight is 690 g/mol. The average Bonchev–Trinajstić information content (AvgIpc) is 3.66. The van der Waals surface area contributed by atoms with Gasteiger partial charge < -0.3 is 38.5 Å². The zero-order chi connectivity index (χ0) is 36.0. The molecule has 0 fully saturated rings. The molecule has 1 aliphatic rings. The fourth-order valence-electron chi connectivity index (χ4n) is 5.46. The van der Waals surface area contributed by atoms with E-state index in [9.17, 15) is 14.4 Å². The Morgan fingerprint density at radius 3 is 2.24 bits per heavy atom. The number of nitrogens with zero attached hydrogens (tertiary/aromatic N) is 2. The first kappa shape index (κ1) is 35.5. The molecule has 0 aliphatic carbocycles. The second kappa shape index (κ2) is 15.2. The largest absolute Gasteiger partial charge is 0.497 e. The van der Waals surface area contributed by atoms with Gasteiger partial charge >= 0.3 is 23.8 Å². The number of alkyl carbamates (subject to hydrolysis) is 1.